The molecular formula is C17H19BF2N3-. The fourth-order valence-corrected chi connectivity index (χ4v) is 4.20. The number of anilines is 1. The fraction of sp³-hybridized carbons (Fsp3) is 0.294. The molecule has 0 amide bonds. The van der Waals surface area contributed by atoms with Gasteiger partial charge in [-0.25, -0.2) is 0 Å². The van der Waals surface area contributed by atoms with Crippen molar-refractivity contribution in [2.75, 3.05) is 12.3 Å². The molecule has 0 saturated heterocycles. The highest BCUT2D eigenvalue weighted by atomic mass is 19.2. The first kappa shape index (κ1) is 14.5. The standard InChI is InChI=1S/C17H19BF2N3/c1-11-10-12(2)23-17(11)16(13-5-7-14(21)8-6-13)15-4-3-9-22(15)18(23,19)20/h3-8,10,15-16H,9,21H2,1-2H3/q-1. The largest absolute Gasteiger partial charge is 0.499 e. The molecule has 3 nitrogen and oxygen atoms in total. The van der Waals surface area contributed by atoms with Crippen LogP contribution in [-0.4, -0.2) is 28.8 Å². The summed E-state index contributed by atoms with van der Waals surface area (Å²) in [5.41, 5.74) is 9.76. The molecule has 3 heterocycles. The zero-order valence-electron chi connectivity index (χ0n) is 13.2. The van der Waals surface area contributed by atoms with Crippen molar-refractivity contribution in [1.82, 2.24) is 9.29 Å². The topological polar surface area (TPSA) is 34.2 Å². The molecule has 4 rings (SSSR count). The number of benzene rings is 1. The molecule has 2 atom stereocenters. The quantitative estimate of drug-likeness (QED) is 0.498. The van der Waals surface area contributed by atoms with E-state index in [2.05, 4.69) is 0 Å². The van der Waals surface area contributed by atoms with Crippen molar-refractivity contribution >= 4 is 12.7 Å². The van der Waals surface area contributed by atoms with E-state index in [1.54, 1.807) is 6.92 Å². The maximum absolute atomic E-state index is 15.1. The molecule has 0 spiro atoms. The third kappa shape index (κ3) is 1.91. The Morgan fingerprint density at radius 1 is 1.17 bits per heavy atom. The van der Waals surface area contributed by atoms with Gasteiger partial charge in [0, 0.05) is 17.6 Å². The monoisotopic (exact) mass is 314 g/mol. The number of hydrogen-bond donors (Lipinski definition) is 1. The van der Waals surface area contributed by atoms with Crippen molar-refractivity contribution < 1.29 is 8.63 Å². The summed E-state index contributed by atoms with van der Waals surface area (Å²) in [5, 5.41) is 0. The normalized spacial score (nSPS) is 25.4. The Morgan fingerprint density at radius 3 is 2.57 bits per heavy atom. The third-order valence-corrected chi connectivity index (χ3v) is 5.14. The summed E-state index contributed by atoms with van der Waals surface area (Å²) in [7, 11) is 0. The third-order valence-electron chi connectivity index (χ3n) is 5.14. The number of aromatic nitrogens is 1. The molecule has 6 heteroatoms. The predicted molar refractivity (Wildman–Crippen MR) is 89.6 cm³/mol. The van der Waals surface area contributed by atoms with Gasteiger partial charge in [-0.1, -0.05) is 24.3 Å². The number of nitrogens with two attached hydrogens (primary N) is 1. The Labute approximate surface area is 134 Å². The first-order chi connectivity index (χ1) is 10.9. The molecular weight excluding hydrogens is 295 g/mol. The van der Waals surface area contributed by atoms with E-state index in [4.69, 9.17) is 5.73 Å². The highest BCUT2D eigenvalue weighted by molar-refractivity contribution is 6.62. The van der Waals surface area contributed by atoms with Crippen LogP contribution in [0, 0.1) is 13.8 Å². The van der Waals surface area contributed by atoms with Crippen molar-refractivity contribution in [3.63, 3.8) is 0 Å². The van der Waals surface area contributed by atoms with Crippen molar-refractivity contribution in [3.8, 4) is 0 Å². The number of aryl methyl sites for hydroxylation is 2. The van der Waals surface area contributed by atoms with Gasteiger partial charge in [-0.15, -0.1) is 0 Å². The summed E-state index contributed by atoms with van der Waals surface area (Å²) in [6.45, 7) is 0.207. The van der Waals surface area contributed by atoms with Gasteiger partial charge in [0.25, 0.3) is 0 Å². The maximum atomic E-state index is 15.1. The highest BCUT2D eigenvalue weighted by Crippen LogP contribution is 2.45. The van der Waals surface area contributed by atoms with Crippen LogP contribution in [0.2, 0.25) is 0 Å². The molecule has 0 bridgehead atoms. The summed E-state index contributed by atoms with van der Waals surface area (Å²) in [5.74, 6) is -0.107. The van der Waals surface area contributed by atoms with Gasteiger partial charge in [-0.3, -0.25) is 0 Å². The number of rotatable bonds is 1. The van der Waals surface area contributed by atoms with Crippen molar-refractivity contribution in [2.45, 2.75) is 25.8 Å². The van der Waals surface area contributed by atoms with Crippen LogP contribution in [0.3, 0.4) is 0 Å². The molecule has 23 heavy (non-hydrogen) atoms. The van der Waals surface area contributed by atoms with Crippen LogP contribution in [0.25, 0.3) is 0 Å². The van der Waals surface area contributed by atoms with Gasteiger partial charge in [-0.2, -0.15) is 0 Å². The van der Waals surface area contributed by atoms with Crippen molar-refractivity contribution in [1.29, 1.82) is 0 Å². The van der Waals surface area contributed by atoms with Crippen LogP contribution >= 0.6 is 0 Å². The van der Waals surface area contributed by atoms with E-state index in [1.165, 1.54) is 9.29 Å². The van der Waals surface area contributed by atoms with E-state index < -0.39 is 6.97 Å². The molecule has 2 aliphatic rings. The van der Waals surface area contributed by atoms with Gasteiger partial charge in [-0.05, 0) is 61.1 Å². The van der Waals surface area contributed by atoms with Gasteiger partial charge < -0.3 is 23.7 Å². The summed E-state index contributed by atoms with van der Waals surface area (Å²) in [4.78, 5) is 1.33. The van der Waals surface area contributed by atoms with E-state index in [0.29, 0.717) is 17.9 Å². The van der Waals surface area contributed by atoms with Crippen LogP contribution in [0.1, 0.15) is 28.4 Å². The smallest absolute Gasteiger partial charge is 0.453 e. The number of halogens is 2. The maximum Gasteiger partial charge on any atom is 0.499 e. The fourth-order valence-electron chi connectivity index (χ4n) is 4.20. The van der Waals surface area contributed by atoms with E-state index in [0.717, 1.165) is 16.8 Å². The SMILES string of the molecule is Cc1cc(C)n2c1C(c1ccc(N)cc1)C1C=CCN1[B-]2(F)F. The Kier molecular flexibility index (Phi) is 2.97. The number of hydrogen-bond acceptors (Lipinski definition) is 2. The minimum absolute atomic E-state index is 0.107. The summed E-state index contributed by atoms with van der Waals surface area (Å²) in [6.07, 6.45) is 3.77. The first-order valence-electron chi connectivity index (χ1n) is 7.90. The van der Waals surface area contributed by atoms with Gasteiger partial charge >= 0.3 is 6.97 Å². The summed E-state index contributed by atoms with van der Waals surface area (Å²) in [6, 6.07) is 9.13. The molecule has 2 unspecified atom stereocenters. The first-order valence-corrected chi connectivity index (χ1v) is 7.90. The second-order valence-corrected chi connectivity index (χ2v) is 6.57. The molecule has 2 N–H and O–H groups in total. The number of nitrogens with zero attached hydrogens (tertiary/aromatic N) is 2. The Morgan fingerprint density at radius 2 is 1.87 bits per heavy atom. The summed E-state index contributed by atoms with van der Waals surface area (Å²) < 4.78 is 31.4. The van der Waals surface area contributed by atoms with Crippen LogP contribution in [0.15, 0.2) is 42.5 Å². The number of fused-ring (bicyclic) bond motifs is 2. The molecule has 2 aromatic rings. The van der Waals surface area contributed by atoms with Crippen molar-refractivity contribution in [2.24, 2.45) is 0 Å². The van der Waals surface area contributed by atoms with Gasteiger partial charge in [0.15, 0.2) is 0 Å². The summed E-state index contributed by atoms with van der Waals surface area (Å²) >= 11 is 0. The van der Waals surface area contributed by atoms with Crippen LogP contribution in [-0.2, 0) is 0 Å². The second kappa shape index (κ2) is 4.71. The van der Waals surface area contributed by atoms with E-state index in [1.807, 2.05) is 49.4 Å². The molecule has 1 aromatic carbocycles. The lowest BCUT2D eigenvalue weighted by Crippen LogP contribution is -2.61. The van der Waals surface area contributed by atoms with Crippen LogP contribution in [0.4, 0.5) is 14.3 Å². The minimum atomic E-state index is -3.76. The Bertz CT molecular complexity index is 795. The molecule has 120 valence electrons. The lowest BCUT2D eigenvalue weighted by Gasteiger charge is -2.51. The average Bonchev–Trinajstić information content (AvgIpc) is 3.08. The van der Waals surface area contributed by atoms with E-state index >= 15 is 8.63 Å². The molecule has 2 aliphatic heterocycles. The van der Waals surface area contributed by atoms with Gasteiger partial charge in [0.2, 0.25) is 0 Å². The van der Waals surface area contributed by atoms with Gasteiger partial charge in [0.05, 0.1) is 0 Å². The molecule has 0 radical (unpaired) electrons. The van der Waals surface area contributed by atoms with Crippen molar-refractivity contribution in [3.05, 3.63) is 65.0 Å². The highest BCUT2D eigenvalue weighted by Gasteiger charge is 2.49. The Balaban J connectivity index is 1.97. The molecule has 0 fully saturated rings. The molecule has 1 aromatic heterocycles. The zero-order valence-corrected chi connectivity index (χ0v) is 13.2. The van der Waals surface area contributed by atoms with Crippen LogP contribution < -0.4 is 5.73 Å². The number of nitrogen functional groups attached to an aromatic ring is 1. The Hall–Kier alpha value is -2.08. The van der Waals surface area contributed by atoms with Gasteiger partial charge in [0.1, 0.15) is 0 Å². The lowest BCUT2D eigenvalue weighted by atomic mass is 9.76. The van der Waals surface area contributed by atoms with Crippen LogP contribution in [0.5, 0.6) is 0 Å². The molecule has 0 aliphatic carbocycles. The van der Waals surface area contributed by atoms with E-state index in [9.17, 15) is 0 Å². The predicted octanol–water partition coefficient (Wildman–Crippen LogP) is 3.30. The zero-order chi connectivity index (χ0) is 16.4. The minimum Gasteiger partial charge on any atom is -0.453 e. The van der Waals surface area contributed by atoms with E-state index in [-0.39, 0.29) is 12.0 Å². The average molecular weight is 314 g/mol. The lowest BCUT2D eigenvalue weighted by molar-refractivity contribution is 0.270. The molecule has 0 saturated carbocycles. The second-order valence-electron chi connectivity index (χ2n) is 6.57.